The molecule has 2 aromatic carbocycles. The van der Waals surface area contributed by atoms with Gasteiger partial charge in [-0.2, -0.15) is 0 Å². The van der Waals surface area contributed by atoms with Gasteiger partial charge in [-0.3, -0.25) is 4.79 Å². The Bertz CT molecular complexity index is 919. The predicted molar refractivity (Wildman–Crippen MR) is 92.5 cm³/mol. The summed E-state index contributed by atoms with van der Waals surface area (Å²) in [6.45, 7) is 4.65. The Kier molecular flexibility index (Phi) is 3.45. The lowest BCUT2D eigenvalue weighted by Gasteiger charge is -2.29. The van der Waals surface area contributed by atoms with E-state index >= 15 is 0 Å². The summed E-state index contributed by atoms with van der Waals surface area (Å²) in [5, 5.41) is 12.1. The summed E-state index contributed by atoms with van der Waals surface area (Å²) < 4.78 is 0. The third-order valence-corrected chi connectivity index (χ3v) is 5.76. The molecule has 0 aliphatic carbocycles. The van der Waals surface area contributed by atoms with Crippen molar-refractivity contribution in [2.24, 2.45) is 0 Å². The first-order chi connectivity index (χ1) is 11.8. The van der Waals surface area contributed by atoms with E-state index in [-0.39, 0.29) is 28.5 Å². The second kappa shape index (κ2) is 5.33. The van der Waals surface area contributed by atoms with Crippen LogP contribution in [0.25, 0.3) is 0 Å². The van der Waals surface area contributed by atoms with Gasteiger partial charge in [0, 0.05) is 17.1 Å². The number of carbonyl (C=O) groups excluding carboxylic acids is 2. The van der Waals surface area contributed by atoms with Crippen LogP contribution in [-0.2, 0) is 12.0 Å². The molecule has 4 rings (SSSR count). The quantitative estimate of drug-likeness (QED) is 0.790. The molecule has 128 valence electrons. The van der Waals surface area contributed by atoms with Crippen LogP contribution in [0.4, 0.5) is 0 Å². The minimum absolute atomic E-state index is 0.0345. The summed E-state index contributed by atoms with van der Waals surface area (Å²) in [4.78, 5) is 26.2. The summed E-state index contributed by atoms with van der Waals surface area (Å²) in [5.41, 5.74) is 2.88. The van der Waals surface area contributed by atoms with Crippen LogP contribution in [0, 0.1) is 0 Å². The number of hydrogen-bond donors (Lipinski definition) is 0. The largest absolute Gasteiger partial charge is 0.545 e. The van der Waals surface area contributed by atoms with Crippen LogP contribution < -0.4 is 5.11 Å². The lowest BCUT2D eigenvalue weighted by molar-refractivity contribution is -0.255. The van der Waals surface area contributed by atoms with Gasteiger partial charge in [-0.1, -0.05) is 55.8 Å². The topological polar surface area (TPSA) is 60.4 Å². The first-order valence-corrected chi connectivity index (χ1v) is 8.62. The van der Waals surface area contributed by atoms with E-state index in [0.717, 1.165) is 16.7 Å². The fourth-order valence-corrected chi connectivity index (χ4v) is 4.46. The summed E-state index contributed by atoms with van der Waals surface area (Å²) in [5.74, 6) is -1.58. The van der Waals surface area contributed by atoms with Crippen molar-refractivity contribution in [1.82, 2.24) is 4.90 Å². The molecule has 0 saturated carbocycles. The van der Waals surface area contributed by atoms with Crippen molar-refractivity contribution in [3.05, 3.63) is 69.2 Å². The molecular formula is C20H17ClNO3-. The normalized spacial score (nSPS) is 20.5. The average Bonchev–Trinajstić information content (AvgIpc) is 2.73. The van der Waals surface area contributed by atoms with Crippen LogP contribution in [0.5, 0.6) is 0 Å². The smallest absolute Gasteiger partial charge is 0.255 e. The van der Waals surface area contributed by atoms with Crippen molar-refractivity contribution in [2.75, 3.05) is 0 Å². The Morgan fingerprint density at radius 3 is 2.68 bits per heavy atom. The maximum absolute atomic E-state index is 13.0. The van der Waals surface area contributed by atoms with E-state index in [0.29, 0.717) is 18.0 Å². The number of amides is 1. The van der Waals surface area contributed by atoms with Crippen LogP contribution >= 0.6 is 11.6 Å². The predicted octanol–water partition coefficient (Wildman–Crippen LogP) is 3.08. The SMILES string of the molecule is CC1(C)C[C@@H]2c3cccc(C(=O)[O-])c3C(=O)N2Cc2c(Cl)cccc21. The molecule has 4 nitrogen and oxygen atoms in total. The number of benzene rings is 2. The average molecular weight is 355 g/mol. The highest BCUT2D eigenvalue weighted by molar-refractivity contribution is 6.31. The number of hydrogen-bond acceptors (Lipinski definition) is 3. The molecule has 5 heteroatoms. The first kappa shape index (κ1) is 16.2. The molecule has 0 aromatic heterocycles. The second-order valence-electron chi connectivity index (χ2n) is 7.36. The minimum Gasteiger partial charge on any atom is -0.545 e. The molecule has 0 N–H and O–H groups in total. The molecule has 0 bridgehead atoms. The number of aromatic carboxylic acids is 1. The fraction of sp³-hybridized carbons (Fsp3) is 0.300. The van der Waals surface area contributed by atoms with Gasteiger partial charge in [-0.05, 0) is 34.6 Å². The summed E-state index contributed by atoms with van der Waals surface area (Å²) >= 11 is 6.43. The molecule has 1 amide bonds. The van der Waals surface area contributed by atoms with Crippen LogP contribution in [0.2, 0.25) is 5.02 Å². The van der Waals surface area contributed by atoms with E-state index in [9.17, 15) is 14.7 Å². The molecule has 0 radical (unpaired) electrons. The third kappa shape index (κ3) is 2.28. The lowest BCUT2D eigenvalue weighted by Crippen LogP contribution is -2.29. The second-order valence-corrected chi connectivity index (χ2v) is 7.77. The van der Waals surface area contributed by atoms with Crippen LogP contribution in [0.1, 0.15) is 63.7 Å². The molecule has 2 aromatic rings. The van der Waals surface area contributed by atoms with Crippen molar-refractivity contribution in [3.63, 3.8) is 0 Å². The maximum Gasteiger partial charge on any atom is 0.255 e. The molecule has 0 fully saturated rings. The Morgan fingerprint density at radius 1 is 1.24 bits per heavy atom. The van der Waals surface area contributed by atoms with Crippen molar-refractivity contribution >= 4 is 23.5 Å². The van der Waals surface area contributed by atoms with E-state index < -0.39 is 5.97 Å². The van der Waals surface area contributed by atoms with E-state index in [2.05, 4.69) is 19.9 Å². The highest BCUT2D eigenvalue weighted by Gasteiger charge is 2.44. The van der Waals surface area contributed by atoms with E-state index in [1.807, 2.05) is 18.2 Å². The van der Waals surface area contributed by atoms with Crippen LogP contribution in [-0.4, -0.2) is 16.8 Å². The van der Waals surface area contributed by atoms with Gasteiger partial charge >= 0.3 is 0 Å². The number of fused-ring (bicyclic) bond motifs is 4. The molecule has 25 heavy (non-hydrogen) atoms. The summed E-state index contributed by atoms with van der Waals surface area (Å²) in [7, 11) is 0. The first-order valence-electron chi connectivity index (χ1n) is 8.24. The van der Waals surface area contributed by atoms with Gasteiger partial charge in [0.25, 0.3) is 5.91 Å². The summed E-state index contributed by atoms with van der Waals surface area (Å²) in [6.07, 6.45) is 0.704. The zero-order valence-electron chi connectivity index (χ0n) is 14.0. The van der Waals surface area contributed by atoms with E-state index in [4.69, 9.17) is 11.6 Å². The maximum atomic E-state index is 13.0. The number of carbonyl (C=O) groups is 2. The van der Waals surface area contributed by atoms with Crippen LogP contribution in [0.15, 0.2) is 36.4 Å². The number of carboxylic acids is 1. The molecule has 0 unspecified atom stereocenters. The number of nitrogens with zero attached hydrogens (tertiary/aromatic N) is 1. The lowest BCUT2D eigenvalue weighted by atomic mass is 9.77. The Hall–Kier alpha value is -2.33. The molecule has 2 aliphatic rings. The Morgan fingerprint density at radius 2 is 1.96 bits per heavy atom. The molecule has 2 aliphatic heterocycles. The van der Waals surface area contributed by atoms with E-state index in [1.165, 1.54) is 6.07 Å². The van der Waals surface area contributed by atoms with Crippen LogP contribution in [0.3, 0.4) is 0 Å². The van der Waals surface area contributed by atoms with Gasteiger partial charge in [0.1, 0.15) is 0 Å². The van der Waals surface area contributed by atoms with Gasteiger partial charge in [0.2, 0.25) is 0 Å². The molecule has 0 saturated heterocycles. The highest BCUT2D eigenvalue weighted by Crippen LogP contribution is 2.48. The monoisotopic (exact) mass is 354 g/mol. The van der Waals surface area contributed by atoms with Gasteiger partial charge < -0.3 is 14.8 Å². The van der Waals surface area contributed by atoms with Gasteiger partial charge in [-0.15, -0.1) is 0 Å². The van der Waals surface area contributed by atoms with Crippen molar-refractivity contribution < 1.29 is 14.7 Å². The van der Waals surface area contributed by atoms with Crippen molar-refractivity contribution in [3.8, 4) is 0 Å². The van der Waals surface area contributed by atoms with Crippen molar-refractivity contribution in [1.29, 1.82) is 0 Å². The minimum atomic E-state index is -1.32. The van der Waals surface area contributed by atoms with Crippen molar-refractivity contribution in [2.45, 2.75) is 38.3 Å². The van der Waals surface area contributed by atoms with Gasteiger partial charge in [0.15, 0.2) is 0 Å². The molecular weight excluding hydrogens is 338 g/mol. The van der Waals surface area contributed by atoms with Gasteiger partial charge in [-0.25, -0.2) is 0 Å². The Balaban J connectivity index is 1.91. The van der Waals surface area contributed by atoms with Gasteiger partial charge in [0.05, 0.1) is 17.6 Å². The number of carboxylic acid groups (broad SMARTS) is 1. The third-order valence-electron chi connectivity index (χ3n) is 5.41. The number of rotatable bonds is 1. The Labute approximate surface area is 151 Å². The standard InChI is InChI=1S/C20H18ClNO3/c1-20(2)9-16-11-5-3-6-12(19(24)25)17(11)18(23)22(16)10-13-14(20)7-4-8-15(13)21/h3-8,16H,9-10H2,1-2H3,(H,24,25)/p-1/t16-/m1/s1. The summed E-state index contributed by atoms with van der Waals surface area (Å²) in [6, 6.07) is 10.6. The molecule has 0 spiro atoms. The number of halogens is 1. The zero-order valence-corrected chi connectivity index (χ0v) is 14.8. The fourth-order valence-electron chi connectivity index (χ4n) is 4.23. The molecule has 1 atom stereocenters. The molecule has 2 heterocycles. The van der Waals surface area contributed by atoms with E-state index in [1.54, 1.807) is 11.0 Å². The zero-order chi connectivity index (χ0) is 17.9. The highest BCUT2D eigenvalue weighted by atomic mass is 35.5.